The highest BCUT2D eigenvalue weighted by atomic mass is 31.2. The van der Waals surface area contributed by atoms with Gasteiger partial charge in [-0.05, 0) is 26.2 Å². The SMILES string of the molecule is C[C@@H](OP(=O)(O)OCCCOCCCCCCCCCCCCCCC(F)(F)F)C1OC(n2cc(F)c(=O)[nH]c2=O)CC1O. The monoisotopic (exact) mass is 662 g/mol. The predicted octanol–water partition coefficient (Wildman–Crippen LogP) is 5.89. The van der Waals surface area contributed by atoms with Crippen molar-refractivity contribution in [3.63, 3.8) is 0 Å². The number of nitrogens with zero attached hydrogens (tertiary/aromatic N) is 1. The summed E-state index contributed by atoms with van der Waals surface area (Å²) >= 11 is 0. The van der Waals surface area contributed by atoms with Crippen molar-refractivity contribution >= 4 is 7.82 Å². The van der Waals surface area contributed by atoms with Crippen LogP contribution in [0.5, 0.6) is 0 Å². The Morgan fingerprint density at radius 3 is 2.11 bits per heavy atom. The van der Waals surface area contributed by atoms with Crippen LogP contribution in [0.1, 0.15) is 109 Å². The fourth-order valence-corrected chi connectivity index (χ4v) is 5.95. The molecule has 0 bridgehead atoms. The van der Waals surface area contributed by atoms with Gasteiger partial charge in [-0.2, -0.15) is 17.6 Å². The lowest BCUT2D eigenvalue weighted by atomic mass is 10.0. The first-order valence-electron chi connectivity index (χ1n) is 15.4. The van der Waals surface area contributed by atoms with Crippen LogP contribution < -0.4 is 11.2 Å². The van der Waals surface area contributed by atoms with Crippen molar-refractivity contribution in [3.8, 4) is 0 Å². The Morgan fingerprint density at radius 2 is 1.52 bits per heavy atom. The number of hydrogen-bond acceptors (Lipinski definition) is 8. The van der Waals surface area contributed by atoms with Crippen molar-refractivity contribution in [1.29, 1.82) is 0 Å². The maximum absolute atomic E-state index is 13.6. The van der Waals surface area contributed by atoms with Gasteiger partial charge >= 0.3 is 19.7 Å². The molecule has 1 aliphatic rings. The number of unbranched alkanes of at least 4 members (excludes halogenated alkanes) is 11. The summed E-state index contributed by atoms with van der Waals surface area (Å²) in [6, 6.07) is 0. The number of aromatic nitrogens is 2. The minimum absolute atomic E-state index is 0.100. The summed E-state index contributed by atoms with van der Waals surface area (Å²) in [5, 5.41) is 10.3. The Balaban J connectivity index is 1.45. The normalized spacial score (nSPS) is 21.0. The number of phosphoric acid groups is 1. The molecule has 1 fully saturated rings. The number of phosphoric ester groups is 1. The van der Waals surface area contributed by atoms with Gasteiger partial charge in [0.15, 0.2) is 0 Å². The molecule has 0 amide bonds. The zero-order valence-corrected chi connectivity index (χ0v) is 26.2. The van der Waals surface area contributed by atoms with E-state index < -0.39 is 62.0 Å². The molecule has 2 rings (SSSR count). The highest BCUT2D eigenvalue weighted by molar-refractivity contribution is 7.47. The number of aliphatic hydroxyl groups is 1. The molecule has 1 aromatic heterocycles. The summed E-state index contributed by atoms with van der Waals surface area (Å²) in [6.07, 6.45) is 3.02. The van der Waals surface area contributed by atoms with Crippen molar-refractivity contribution in [2.45, 2.75) is 134 Å². The molecule has 0 radical (unpaired) electrons. The van der Waals surface area contributed by atoms with Gasteiger partial charge in [0, 0.05) is 26.1 Å². The minimum atomic E-state index is -4.50. The van der Waals surface area contributed by atoms with E-state index in [4.69, 9.17) is 18.5 Å². The molecule has 0 saturated carbocycles. The van der Waals surface area contributed by atoms with Crippen LogP contribution in [0, 0.1) is 5.82 Å². The standard InChI is InChI=1S/C28H47F4N2O9P/c1-21(25-23(35)19-24(42-25)34-20-22(29)26(36)33-27(34)37)43-44(38,39)41-18-14-17-40-16-13-11-9-7-5-3-2-4-6-8-10-12-15-28(30,31)32/h20-21,23-25,35H,2-19H2,1H3,(H,38,39)(H,33,36,37)/t21-,23?,24?,25?/m1/s1. The Morgan fingerprint density at radius 1 is 0.977 bits per heavy atom. The predicted molar refractivity (Wildman–Crippen MR) is 154 cm³/mol. The highest BCUT2D eigenvalue weighted by Crippen LogP contribution is 2.46. The second-order valence-corrected chi connectivity index (χ2v) is 12.6. The number of ether oxygens (including phenoxy) is 2. The first-order chi connectivity index (χ1) is 20.8. The molecule has 16 heteroatoms. The second-order valence-electron chi connectivity index (χ2n) is 11.2. The molecular formula is C28H47F4N2O9P. The van der Waals surface area contributed by atoms with Crippen LogP contribution in [-0.2, 0) is 23.1 Å². The van der Waals surface area contributed by atoms with Crippen LogP contribution >= 0.6 is 7.82 Å². The molecule has 1 aromatic rings. The number of halogens is 4. The van der Waals surface area contributed by atoms with E-state index in [-0.39, 0.29) is 19.4 Å². The van der Waals surface area contributed by atoms with Crippen molar-refractivity contribution in [2.75, 3.05) is 19.8 Å². The number of hydrogen-bond donors (Lipinski definition) is 3. The van der Waals surface area contributed by atoms with Crippen molar-refractivity contribution in [1.82, 2.24) is 9.55 Å². The quantitative estimate of drug-likeness (QED) is 0.0741. The third-order valence-electron chi connectivity index (χ3n) is 7.32. The zero-order chi connectivity index (χ0) is 32.6. The fraction of sp³-hybridized carbons (Fsp3) is 0.857. The van der Waals surface area contributed by atoms with E-state index in [1.165, 1.54) is 6.92 Å². The van der Waals surface area contributed by atoms with Gasteiger partial charge in [-0.25, -0.2) is 9.36 Å². The zero-order valence-electron chi connectivity index (χ0n) is 25.3. The summed E-state index contributed by atoms with van der Waals surface area (Å²) in [5.41, 5.74) is -2.11. The van der Waals surface area contributed by atoms with E-state index in [0.717, 1.165) is 68.8 Å². The van der Waals surface area contributed by atoms with Crippen LogP contribution in [0.25, 0.3) is 0 Å². The van der Waals surface area contributed by atoms with Crippen LogP contribution in [0.4, 0.5) is 17.6 Å². The summed E-state index contributed by atoms with van der Waals surface area (Å²) in [7, 11) is -4.50. The van der Waals surface area contributed by atoms with Crippen LogP contribution in [-0.4, -0.2) is 63.9 Å². The third-order valence-corrected chi connectivity index (χ3v) is 8.43. The maximum atomic E-state index is 13.6. The van der Waals surface area contributed by atoms with Gasteiger partial charge < -0.3 is 19.5 Å². The smallest absolute Gasteiger partial charge is 0.390 e. The number of H-pyrrole nitrogens is 1. The van der Waals surface area contributed by atoms with Gasteiger partial charge in [0.1, 0.15) is 12.3 Å². The lowest BCUT2D eigenvalue weighted by molar-refractivity contribution is -0.135. The van der Waals surface area contributed by atoms with E-state index in [1.54, 1.807) is 4.98 Å². The lowest BCUT2D eigenvalue weighted by Crippen LogP contribution is -2.35. The molecule has 0 aromatic carbocycles. The van der Waals surface area contributed by atoms with Crippen molar-refractivity contribution < 1.29 is 50.6 Å². The molecular weight excluding hydrogens is 615 g/mol. The first kappa shape index (κ1) is 38.6. The molecule has 0 spiro atoms. The third kappa shape index (κ3) is 15.6. The Hall–Kier alpha value is -1.61. The minimum Gasteiger partial charge on any atom is -0.390 e. The largest absolute Gasteiger partial charge is 0.472 e. The molecule has 11 nitrogen and oxygen atoms in total. The summed E-state index contributed by atoms with van der Waals surface area (Å²) in [6.45, 7) is 2.19. The molecule has 2 heterocycles. The van der Waals surface area contributed by atoms with Crippen molar-refractivity contribution in [2.24, 2.45) is 0 Å². The van der Waals surface area contributed by atoms with Gasteiger partial charge in [0.2, 0.25) is 5.82 Å². The van der Waals surface area contributed by atoms with Crippen LogP contribution in [0.15, 0.2) is 15.8 Å². The highest BCUT2D eigenvalue weighted by Gasteiger charge is 2.42. The van der Waals surface area contributed by atoms with Crippen LogP contribution in [0.3, 0.4) is 0 Å². The number of nitrogens with one attached hydrogen (secondary N) is 1. The molecule has 1 saturated heterocycles. The van der Waals surface area contributed by atoms with Crippen molar-refractivity contribution in [3.05, 3.63) is 32.9 Å². The topological polar surface area (TPSA) is 149 Å². The summed E-state index contributed by atoms with van der Waals surface area (Å²) in [4.78, 5) is 35.0. The number of alkyl halides is 3. The van der Waals surface area contributed by atoms with Gasteiger partial charge in [-0.3, -0.25) is 23.4 Å². The van der Waals surface area contributed by atoms with Gasteiger partial charge in [-0.15, -0.1) is 0 Å². The molecule has 4 unspecified atom stereocenters. The first-order valence-corrected chi connectivity index (χ1v) is 16.9. The average Bonchev–Trinajstić information content (AvgIpc) is 3.32. The van der Waals surface area contributed by atoms with E-state index in [9.17, 15) is 41.7 Å². The van der Waals surface area contributed by atoms with E-state index in [0.29, 0.717) is 32.3 Å². The second kappa shape index (κ2) is 19.8. The Bertz CT molecular complexity index is 1120. The molecule has 1 aliphatic heterocycles. The fourth-order valence-electron chi connectivity index (χ4n) is 4.99. The van der Waals surface area contributed by atoms with E-state index >= 15 is 0 Å². The average molecular weight is 663 g/mol. The molecule has 3 N–H and O–H groups in total. The molecule has 256 valence electrons. The number of rotatable bonds is 23. The van der Waals surface area contributed by atoms with Gasteiger partial charge in [0.25, 0.3) is 5.56 Å². The van der Waals surface area contributed by atoms with Gasteiger partial charge in [-0.1, -0.05) is 64.2 Å². The molecule has 0 aliphatic carbocycles. The Kier molecular flexibility index (Phi) is 17.4. The molecule has 44 heavy (non-hydrogen) atoms. The van der Waals surface area contributed by atoms with Crippen LogP contribution in [0.2, 0.25) is 0 Å². The summed E-state index contributed by atoms with van der Waals surface area (Å²) < 4.78 is 84.1. The van der Waals surface area contributed by atoms with E-state index in [2.05, 4.69) is 0 Å². The Labute approximate surface area is 254 Å². The number of aliphatic hydroxyl groups excluding tert-OH is 1. The van der Waals surface area contributed by atoms with E-state index in [1.807, 2.05) is 0 Å². The molecule has 5 atom stereocenters. The van der Waals surface area contributed by atoms with Gasteiger partial charge in [0.05, 0.1) is 25.0 Å². The lowest BCUT2D eigenvalue weighted by Gasteiger charge is -2.24. The number of aromatic amines is 1. The summed E-state index contributed by atoms with van der Waals surface area (Å²) in [5.74, 6) is -1.20. The maximum Gasteiger partial charge on any atom is 0.472 e.